The van der Waals surface area contributed by atoms with E-state index in [1.165, 1.54) is 4.90 Å². The second kappa shape index (κ2) is 6.55. The van der Waals surface area contributed by atoms with Gasteiger partial charge < -0.3 is 5.32 Å². The number of rotatable bonds is 3. The van der Waals surface area contributed by atoms with E-state index < -0.39 is 12.7 Å². The highest BCUT2D eigenvalue weighted by atomic mass is 35.5. The van der Waals surface area contributed by atoms with Crippen molar-refractivity contribution in [2.24, 2.45) is 5.92 Å². The molecule has 0 atom stereocenters. The Labute approximate surface area is 94.6 Å². The molecule has 1 rings (SSSR count). The molecule has 0 spiro atoms. The van der Waals surface area contributed by atoms with Crippen LogP contribution >= 0.6 is 12.4 Å². The van der Waals surface area contributed by atoms with Crippen LogP contribution in [0.25, 0.3) is 0 Å². The Balaban J connectivity index is 0.00000196. The summed E-state index contributed by atoms with van der Waals surface area (Å²) in [4.78, 5) is 1.49. The van der Waals surface area contributed by atoms with Crippen molar-refractivity contribution in [2.45, 2.75) is 19.0 Å². The zero-order valence-corrected chi connectivity index (χ0v) is 9.63. The number of alkyl halides is 3. The van der Waals surface area contributed by atoms with Crippen LogP contribution < -0.4 is 5.32 Å². The maximum atomic E-state index is 12.0. The van der Waals surface area contributed by atoms with Gasteiger partial charge in [-0.2, -0.15) is 13.2 Å². The van der Waals surface area contributed by atoms with Crippen molar-refractivity contribution < 1.29 is 13.2 Å². The molecule has 0 unspecified atom stereocenters. The summed E-state index contributed by atoms with van der Waals surface area (Å²) in [5.74, 6) is 0.546. The van der Waals surface area contributed by atoms with Crippen molar-refractivity contribution >= 4 is 12.4 Å². The molecule has 1 heterocycles. The van der Waals surface area contributed by atoms with Crippen molar-refractivity contribution in [1.29, 1.82) is 0 Å². The van der Waals surface area contributed by atoms with E-state index in [4.69, 9.17) is 0 Å². The van der Waals surface area contributed by atoms with E-state index in [9.17, 15) is 13.2 Å². The summed E-state index contributed by atoms with van der Waals surface area (Å²) in [6.45, 7) is 1.32. The number of nitrogens with zero attached hydrogens (tertiary/aromatic N) is 1. The second-order valence-corrected chi connectivity index (χ2v) is 3.89. The molecule has 1 fully saturated rings. The van der Waals surface area contributed by atoms with E-state index in [1.807, 2.05) is 7.05 Å². The molecule has 1 aliphatic heterocycles. The molecule has 0 aromatic rings. The maximum Gasteiger partial charge on any atom is 0.401 e. The van der Waals surface area contributed by atoms with Gasteiger partial charge in [0.25, 0.3) is 0 Å². The molecule has 1 aliphatic rings. The van der Waals surface area contributed by atoms with Gasteiger partial charge in [-0.05, 0) is 45.4 Å². The van der Waals surface area contributed by atoms with Gasteiger partial charge in [-0.15, -0.1) is 12.4 Å². The topological polar surface area (TPSA) is 15.3 Å². The van der Waals surface area contributed by atoms with E-state index in [1.54, 1.807) is 0 Å². The van der Waals surface area contributed by atoms with Crippen molar-refractivity contribution in [1.82, 2.24) is 10.2 Å². The zero-order chi connectivity index (χ0) is 10.6. The molecule has 1 saturated heterocycles. The summed E-state index contributed by atoms with van der Waals surface area (Å²) in [5, 5.41) is 3.06. The molecule has 0 aliphatic carbocycles. The van der Waals surface area contributed by atoms with Crippen LogP contribution in [-0.2, 0) is 0 Å². The zero-order valence-electron chi connectivity index (χ0n) is 8.81. The molecule has 0 saturated carbocycles. The second-order valence-electron chi connectivity index (χ2n) is 3.89. The Bertz CT molecular complexity index is 167. The van der Waals surface area contributed by atoms with Crippen LogP contribution in [-0.4, -0.2) is 44.3 Å². The fourth-order valence-electron chi connectivity index (χ4n) is 1.89. The fraction of sp³-hybridized carbons (Fsp3) is 1.00. The third-order valence-electron chi connectivity index (χ3n) is 2.60. The lowest BCUT2D eigenvalue weighted by Gasteiger charge is -2.32. The first-order valence-corrected chi connectivity index (χ1v) is 4.95. The molecule has 15 heavy (non-hydrogen) atoms. The number of hydrogen-bond donors (Lipinski definition) is 1. The third kappa shape index (κ3) is 6.22. The number of likely N-dealkylation sites (tertiary alicyclic amines) is 1. The van der Waals surface area contributed by atoms with Crippen LogP contribution in [0.2, 0.25) is 0 Å². The van der Waals surface area contributed by atoms with Gasteiger partial charge in [0.15, 0.2) is 0 Å². The first kappa shape index (κ1) is 15.0. The highest BCUT2D eigenvalue weighted by molar-refractivity contribution is 5.85. The quantitative estimate of drug-likeness (QED) is 0.818. The minimum atomic E-state index is -4.05. The molecular weight excluding hydrogens is 229 g/mol. The first-order valence-electron chi connectivity index (χ1n) is 4.95. The lowest BCUT2D eigenvalue weighted by Crippen LogP contribution is -2.41. The van der Waals surface area contributed by atoms with Crippen molar-refractivity contribution in [3.8, 4) is 0 Å². The number of hydrogen-bond acceptors (Lipinski definition) is 2. The molecule has 92 valence electrons. The molecule has 1 N–H and O–H groups in total. The molecule has 0 amide bonds. The highest BCUT2D eigenvalue weighted by Crippen LogP contribution is 2.21. The van der Waals surface area contributed by atoms with Crippen molar-refractivity contribution in [2.75, 3.05) is 33.2 Å². The Morgan fingerprint density at radius 2 is 1.80 bits per heavy atom. The lowest BCUT2D eigenvalue weighted by molar-refractivity contribution is -0.148. The average molecular weight is 247 g/mol. The summed E-state index contributed by atoms with van der Waals surface area (Å²) < 4.78 is 36.1. The molecule has 0 bridgehead atoms. The predicted octanol–water partition coefficient (Wildman–Crippen LogP) is 1.90. The summed E-state index contributed by atoms with van der Waals surface area (Å²) in [5.41, 5.74) is 0. The normalized spacial score (nSPS) is 20.0. The molecule has 2 nitrogen and oxygen atoms in total. The largest absolute Gasteiger partial charge is 0.401 e. The van der Waals surface area contributed by atoms with Gasteiger partial charge in [0.1, 0.15) is 0 Å². The van der Waals surface area contributed by atoms with E-state index >= 15 is 0 Å². The Morgan fingerprint density at radius 1 is 1.27 bits per heavy atom. The van der Waals surface area contributed by atoms with Crippen LogP contribution in [0.4, 0.5) is 13.2 Å². The smallest absolute Gasteiger partial charge is 0.319 e. The molecule has 6 heteroatoms. The van der Waals surface area contributed by atoms with E-state index in [0.29, 0.717) is 19.0 Å². The minimum Gasteiger partial charge on any atom is -0.319 e. The van der Waals surface area contributed by atoms with Crippen LogP contribution in [0.5, 0.6) is 0 Å². The van der Waals surface area contributed by atoms with E-state index in [2.05, 4.69) is 5.32 Å². The average Bonchev–Trinajstić information content (AvgIpc) is 2.06. The Morgan fingerprint density at radius 3 is 2.20 bits per heavy atom. The van der Waals surface area contributed by atoms with Gasteiger partial charge in [-0.1, -0.05) is 0 Å². The molecule has 0 aromatic carbocycles. The van der Waals surface area contributed by atoms with E-state index in [0.717, 1.165) is 19.4 Å². The highest BCUT2D eigenvalue weighted by Gasteiger charge is 2.32. The van der Waals surface area contributed by atoms with Gasteiger partial charge in [0.2, 0.25) is 0 Å². The maximum absolute atomic E-state index is 12.0. The van der Waals surface area contributed by atoms with Gasteiger partial charge in [-0.3, -0.25) is 4.90 Å². The van der Waals surface area contributed by atoms with Gasteiger partial charge >= 0.3 is 6.18 Å². The van der Waals surface area contributed by atoms with E-state index in [-0.39, 0.29) is 12.4 Å². The molecule has 0 radical (unpaired) electrons. The number of halogens is 4. The Kier molecular flexibility index (Phi) is 6.55. The predicted molar refractivity (Wildman–Crippen MR) is 56.4 cm³/mol. The van der Waals surface area contributed by atoms with Crippen LogP contribution in [0.3, 0.4) is 0 Å². The summed E-state index contributed by atoms with van der Waals surface area (Å²) in [6, 6.07) is 0. The summed E-state index contributed by atoms with van der Waals surface area (Å²) in [7, 11) is 1.88. The summed E-state index contributed by atoms with van der Waals surface area (Å²) in [6.07, 6.45) is -2.30. The lowest BCUT2D eigenvalue weighted by atomic mass is 9.97. The van der Waals surface area contributed by atoms with Crippen LogP contribution in [0, 0.1) is 5.92 Å². The third-order valence-corrected chi connectivity index (χ3v) is 2.60. The van der Waals surface area contributed by atoms with Crippen molar-refractivity contribution in [3.63, 3.8) is 0 Å². The fourth-order valence-corrected chi connectivity index (χ4v) is 1.89. The first-order chi connectivity index (χ1) is 6.51. The SMILES string of the molecule is CNCC1CCN(CC(F)(F)F)CC1.Cl. The van der Waals surface area contributed by atoms with Gasteiger partial charge in [0.05, 0.1) is 6.54 Å². The number of piperidine rings is 1. The minimum absolute atomic E-state index is 0. The standard InChI is InChI=1S/C9H17F3N2.ClH/c1-13-6-8-2-4-14(5-3-8)7-9(10,11)12;/h8,13H,2-7H2,1H3;1H. The number of nitrogens with one attached hydrogen (secondary N) is 1. The Hall–Kier alpha value is -0.0000000000000000555. The van der Waals surface area contributed by atoms with Crippen molar-refractivity contribution in [3.05, 3.63) is 0 Å². The van der Waals surface area contributed by atoms with Gasteiger partial charge in [0, 0.05) is 0 Å². The van der Waals surface area contributed by atoms with Crippen LogP contribution in [0.15, 0.2) is 0 Å². The monoisotopic (exact) mass is 246 g/mol. The molecular formula is C9H18ClF3N2. The molecule has 0 aromatic heterocycles. The van der Waals surface area contributed by atoms with Gasteiger partial charge in [-0.25, -0.2) is 0 Å². The van der Waals surface area contributed by atoms with Crippen LogP contribution in [0.1, 0.15) is 12.8 Å². The summed E-state index contributed by atoms with van der Waals surface area (Å²) >= 11 is 0.